The molecule has 0 saturated carbocycles. The molecule has 0 aliphatic rings. The number of carbonyl (C=O) groups is 2. The van der Waals surface area contributed by atoms with E-state index in [1.807, 2.05) is 13.8 Å². The summed E-state index contributed by atoms with van der Waals surface area (Å²) in [5.74, 6) is -0.632. The third-order valence-corrected chi connectivity index (χ3v) is 2.59. The fourth-order valence-corrected chi connectivity index (χ4v) is 1.44. The van der Waals surface area contributed by atoms with Crippen LogP contribution in [0.3, 0.4) is 0 Å². The molecule has 106 valence electrons. The topological polar surface area (TPSA) is 52.6 Å². The van der Waals surface area contributed by atoms with Gasteiger partial charge in [-0.2, -0.15) is 0 Å². The first kappa shape index (κ1) is 16.9. The van der Waals surface area contributed by atoms with Crippen LogP contribution in [0.5, 0.6) is 0 Å². The minimum atomic E-state index is -0.318. The van der Waals surface area contributed by atoms with Crippen LogP contribution in [0.25, 0.3) is 0 Å². The van der Waals surface area contributed by atoms with Gasteiger partial charge in [0, 0.05) is 0 Å². The number of esters is 2. The minimum absolute atomic E-state index is 0.0615. The molecule has 18 heavy (non-hydrogen) atoms. The van der Waals surface area contributed by atoms with Crippen LogP contribution in [-0.2, 0) is 19.1 Å². The lowest BCUT2D eigenvalue weighted by Gasteiger charge is -2.12. The number of unbranched alkanes of at least 4 members (excludes halogenated alkanes) is 2. The van der Waals surface area contributed by atoms with Gasteiger partial charge >= 0.3 is 11.9 Å². The molecular weight excluding hydrogens is 232 g/mol. The average Bonchev–Trinajstić information content (AvgIpc) is 2.34. The minimum Gasteiger partial charge on any atom is -0.466 e. The number of hydrogen-bond acceptors (Lipinski definition) is 4. The third-order valence-electron chi connectivity index (χ3n) is 2.59. The van der Waals surface area contributed by atoms with Crippen molar-refractivity contribution >= 4 is 11.9 Å². The Bertz CT molecular complexity index is 238. The highest BCUT2D eigenvalue weighted by Crippen LogP contribution is 2.06. The lowest BCUT2D eigenvalue weighted by Crippen LogP contribution is -2.16. The second-order valence-corrected chi connectivity index (χ2v) is 4.52. The van der Waals surface area contributed by atoms with Crippen molar-refractivity contribution in [2.75, 3.05) is 6.61 Å². The summed E-state index contributed by atoms with van der Waals surface area (Å²) in [6.45, 7) is 6.45. The standard InChI is InChI=1S/C14H26O4/c1-4-6-8-12(3)18-14(16)10-9-13(15)17-11-7-5-2/h12H,4-11H2,1-3H3. The second kappa shape index (κ2) is 11.1. The summed E-state index contributed by atoms with van der Waals surface area (Å²) in [4.78, 5) is 22.7. The molecule has 0 aliphatic carbocycles. The summed E-state index contributed by atoms with van der Waals surface area (Å²) in [6, 6.07) is 0. The van der Waals surface area contributed by atoms with Crippen molar-refractivity contribution in [3.8, 4) is 0 Å². The van der Waals surface area contributed by atoms with Gasteiger partial charge in [0.1, 0.15) is 0 Å². The van der Waals surface area contributed by atoms with E-state index in [4.69, 9.17) is 9.47 Å². The predicted molar refractivity (Wildman–Crippen MR) is 70.2 cm³/mol. The number of hydrogen-bond donors (Lipinski definition) is 0. The summed E-state index contributed by atoms with van der Waals surface area (Å²) >= 11 is 0. The highest BCUT2D eigenvalue weighted by molar-refractivity contribution is 5.77. The maximum absolute atomic E-state index is 11.4. The molecule has 0 bridgehead atoms. The Kier molecular flexibility index (Phi) is 10.4. The highest BCUT2D eigenvalue weighted by Gasteiger charge is 2.12. The molecule has 0 fully saturated rings. The smallest absolute Gasteiger partial charge is 0.306 e. The molecule has 4 nitrogen and oxygen atoms in total. The highest BCUT2D eigenvalue weighted by atomic mass is 16.5. The summed E-state index contributed by atoms with van der Waals surface area (Å²) in [7, 11) is 0. The van der Waals surface area contributed by atoms with Crippen molar-refractivity contribution in [1.29, 1.82) is 0 Å². The van der Waals surface area contributed by atoms with E-state index < -0.39 is 0 Å². The largest absolute Gasteiger partial charge is 0.466 e. The zero-order chi connectivity index (χ0) is 13.8. The van der Waals surface area contributed by atoms with Crippen LogP contribution in [0.15, 0.2) is 0 Å². The van der Waals surface area contributed by atoms with Crippen LogP contribution < -0.4 is 0 Å². The lowest BCUT2D eigenvalue weighted by atomic mass is 10.2. The van der Waals surface area contributed by atoms with Crippen molar-refractivity contribution in [3.63, 3.8) is 0 Å². The molecule has 0 aromatic heterocycles. The van der Waals surface area contributed by atoms with Gasteiger partial charge in [-0.3, -0.25) is 9.59 Å². The van der Waals surface area contributed by atoms with Crippen LogP contribution in [-0.4, -0.2) is 24.6 Å². The molecule has 4 heteroatoms. The van der Waals surface area contributed by atoms with Crippen molar-refractivity contribution in [3.05, 3.63) is 0 Å². The maximum atomic E-state index is 11.4. The van der Waals surface area contributed by atoms with Gasteiger partial charge < -0.3 is 9.47 Å². The molecule has 0 saturated heterocycles. The van der Waals surface area contributed by atoms with Gasteiger partial charge in [0.15, 0.2) is 0 Å². The third kappa shape index (κ3) is 10.1. The molecule has 0 aromatic carbocycles. The second-order valence-electron chi connectivity index (χ2n) is 4.52. The summed E-state index contributed by atoms with van der Waals surface area (Å²) in [6.07, 6.45) is 5.04. The summed E-state index contributed by atoms with van der Waals surface area (Å²) in [5.41, 5.74) is 0. The van der Waals surface area contributed by atoms with Gasteiger partial charge in [-0.25, -0.2) is 0 Å². The van der Waals surface area contributed by atoms with E-state index in [9.17, 15) is 9.59 Å². The van der Waals surface area contributed by atoms with Crippen LogP contribution in [0.2, 0.25) is 0 Å². The molecule has 0 heterocycles. The van der Waals surface area contributed by atoms with Gasteiger partial charge in [0.25, 0.3) is 0 Å². The van der Waals surface area contributed by atoms with E-state index in [1.54, 1.807) is 0 Å². The van der Waals surface area contributed by atoms with E-state index in [1.165, 1.54) is 0 Å². The number of rotatable bonds is 10. The fourth-order valence-electron chi connectivity index (χ4n) is 1.44. The SMILES string of the molecule is CCCCOC(=O)CCC(=O)OC(C)CCCC. The zero-order valence-electron chi connectivity index (χ0n) is 11.9. The maximum Gasteiger partial charge on any atom is 0.306 e. The normalized spacial score (nSPS) is 11.9. The van der Waals surface area contributed by atoms with Crippen LogP contribution >= 0.6 is 0 Å². The first-order valence-electron chi connectivity index (χ1n) is 6.95. The molecule has 0 aliphatic heterocycles. The van der Waals surface area contributed by atoms with Crippen LogP contribution in [0.4, 0.5) is 0 Å². The average molecular weight is 258 g/mol. The molecule has 0 aromatic rings. The van der Waals surface area contributed by atoms with Crippen molar-refractivity contribution < 1.29 is 19.1 Å². The van der Waals surface area contributed by atoms with E-state index in [2.05, 4.69) is 6.92 Å². The van der Waals surface area contributed by atoms with Crippen LogP contribution in [0.1, 0.15) is 65.7 Å². The molecule has 0 spiro atoms. The summed E-state index contributed by atoms with van der Waals surface area (Å²) in [5, 5.41) is 0. The van der Waals surface area contributed by atoms with E-state index >= 15 is 0 Å². The molecule has 0 rings (SSSR count). The molecule has 0 N–H and O–H groups in total. The Labute approximate surface area is 110 Å². The number of ether oxygens (including phenoxy) is 2. The van der Waals surface area contributed by atoms with Gasteiger partial charge in [-0.15, -0.1) is 0 Å². The van der Waals surface area contributed by atoms with E-state index in [0.29, 0.717) is 6.61 Å². The molecule has 0 radical (unpaired) electrons. The van der Waals surface area contributed by atoms with Gasteiger partial charge in [-0.1, -0.05) is 33.1 Å². The van der Waals surface area contributed by atoms with Crippen molar-refractivity contribution in [1.82, 2.24) is 0 Å². The Morgan fingerprint density at radius 2 is 1.61 bits per heavy atom. The molecule has 1 atom stereocenters. The summed E-state index contributed by atoms with van der Waals surface area (Å²) < 4.78 is 10.1. The fraction of sp³-hybridized carbons (Fsp3) is 0.857. The lowest BCUT2D eigenvalue weighted by molar-refractivity contribution is -0.153. The first-order chi connectivity index (χ1) is 8.60. The first-order valence-corrected chi connectivity index (χ1v) is 6.95. The zero-order valence-corrected chi connectivity index (χ0v) is 11.9. The van der Waals surface area contributed by atoms with Gasteiger partial charge in [0.05, 0.1) is 25.6 Å². The van der Waals surface area contributed by atoms with Crippen LogP contribution in [0, 0.1) is 0 Å². The van der Waals surface area contributed by atoms with Crippen molar-refractivity contribution in [2.24, 2.45) is 0 Å². The van der Waals surface area contributed by atoms with E-state index in [0.717, 1.165) is 32.1 Å². The molecular formula is C14H26O4. The van der Waals surface area contributed by atoms with E-state index in [-0.39, 0.29) is 30.9 Å². The Balaban J connectivity index is 3.59. The molecule has 0 amide bonds. The predicted octanol–water partition coefficient (Wildman–Crippen LogP) is 3.23. The Morgan fingerprint density at radius 1 is 1.00 bits per heavy atom. The van der Waals surface area contributed by atoms with Gasteiger partial charge in [-0.05, 0) is 19.8 Å². The number of carbonyl (C=O) groups excluding carboxylic acids is 2. The quantitative estimate of drug-likeness (QED) is 0.446. The van der Waals surface area contributed by atoms with Gasteiger partial charge in [0.2, 0.25) is 0 Å². The molecule has 1 unspecified atom stereocenters. The van der Waals surface area contributed by atoms with Crippen molar-refractivity contribution in [2.45, 2.75) is 71.8 Å². The Morgan fingerprint density at radius 3 is 2.22 bits per heavy atom. The Hall–Kier alpha value is -1.06. The monoisotopic (exact) mass is 258 g/mol.